The van der Waals surface area contributed by atoms with Crippen LogP contribution in [0.3, 0.4) is 0 Å². The van der Waals surface area contributed by atoms with Gasteiger partial charge in [0.25, 0.3) is 0 Å². The largest absolute Gasteiger partial charge is 0.476 e. The standard InChI is InChI=1S/C13H11N3O3/c14-8-3-4-16-10(6-8)12(13(17)18)15-11(16)7-9-2-1-5-19-9/h1-6H,7,14H2,(H,17,18). The van der Waals surface area contributed by atoms with Crippen molar-refractivity contribution in [2.24, 2.45) is 0 Å². The van der Waals surface area contributed by atoms with Gasteiger partial charge in [0.05, 0.1) is 18.2 Å². The topological polar surface area (TPSA) is 93.8 Å². The molecule has 0 radical (unpaired) electrons. The lowest BCUT2D eigenvalue weighted by molar-refractivity contribution is 0.0693. The number of carboxylic acids is 1. The fourth-order valence-electron chi connectivity index (χ4n) is 2.02. The molecular formula is C13H11N3O3. The zero-order valence-electron chi connectivity index (χ0n) is 9.91. The number of fused-ring (bicyclic) bond motifs is 1. The molecule has 3 heterocycles. The number of nitrogens with zero attached hydrogens (tertiary/aromatic N) is 2. The second-order valence-corrected chi connectivity index (χ2v) is 4.15. The maximum Gasteiger partial charge on any atom is 0.356 e. The first-order valence-electron chi connectivity index (χ1n) is 5.67. The minimum atomic E-state index is -1.08. The number of carboxylic acid groups (broad SMARTS) is 1. The Hall–Kier alpha value is -2.76. The van der Waals surface area contributed by atoms with Gasteiger partial charge in [-0.15, -0.1) is 0 Å². The lowest BCUT2D eigenvalue weighted by atomic mass is 10.3. The van der Waals surface area contributed by atoms with Gasteiger partial charge in [-0.25, -0.2) is 9.78 Å². The van der Waals surface area contributed by atoms with E-state index in [1.807, 2.05) is 6.07 Å². The van der Waals surface area contributed by atoms with E-state index in [2.05, 4.69) is 4.98 Å². The van der Waals surface area contributed by atoms with Gasteiger partial charge < -0.3 is 19.7 Å². The summed E-state index contributed by atoms with van der Waals surface area (Å²) in [6, 6.07) is 6.90. The van der Waals surface area contributed by atoms with Crippen LogP contribution in [0.1, 0.15) is 22.1 Å². The maximum absolute atomic E-state index is 11.2. The first-order chi connectivity index (χ1) is 9.15. The summed E-state index contributed by atoms with van der Waals surface area (Å²) in [7, 11) is 0. The smallest absolute Gasteiger partial charge is 0.356 e. The minimum Gasteiger partial charge on any atom is -0.476 e. The fraction of sp³-hybridized carbons (Fsp3) is 0.0769. The van der Waals surface area contributed by atoms with E-state index in [9.17, 15) is 9.90 Å². The van der Waals surface area contributed by atoms with Crippen molar-refractivity contribution in [3.63, 3.8) is 0 Å². The number of carbonyl (C=O) groups is 1. The molecule has 0 aliphatic carbocycles. The van der Waals surface area contributed by atoms with Crippen LogP contribution in [0.2, 0.25) is 0 Å². The number of aromatic carboxylic acids is 1. The quantitative estimate of drug-likeness (QED) is 0.746. The highest BCUT2D eigenvalue weighted by Gasteiger charge is 2.17. The summed E-state index contributed by atoms with van der Waals surface area (Å²) in [6.45, 7) is 0. The van der Waals surface area contributed by atoms with Crippen molar-refractivity contribution in [3.8, 4) is 0 Å². The van der Waals surface area contributed by atoms with Gasteiger partial charge in [0.1, 0.15) is 11.6 Å². The van der Waals surface area contributed by atoms with E-state index >= 15 is 0 Å². The van der Waals surface area contributed by atoms with Crippen LogP contribution >= 0.6 is 0 Å². The number of nitrogen functional groups attached to an aromatic ring is 1. The Morgan fingerprint density at radius 1 is 1.47 bits per heavy atom. The maximum atomic E-state index is 11.2. The Morgan fingerprint density at radius 2 is 2.32 bits per heavy atom. The Labute approximate surface area is 108 Å². The van der Waals surface area contributed by atoms with Crippen molar-refractivity contribution in [2.75, 3.05) is 5.73 Å². The van der Waals surface area contributed by atoms with Crippen molar-refractivity contribution in [1.29, 1.82) is 0 Å². The molecule has 0 fully saturated rings. The number of aromatic nitrogens is 2. The van der Waals surface area contributed by atoms with Crippen LogP contribution in [-0.4, -0.2) is 20.5 Å². The number of hydrogen-bond acceptors (Lipinski definition) is 4. The number of furan rings is 1. The van der Waals surface area contributed by atoms with Crippen molar-refractivity contribution >= 4 is 17.2 Å². The average molecular weight is 257 g/mol. The van der Waals surface area contributed by atoms with E-state index < -0.39 is 5.97 Å². The van der Waals surface area contributed by atoms with Crippen LogP contribution in [0.25, 0.3) is 5.52 Å². The second-order valence-electron chi connectivity index (χ2n) is 4.15. The van der Waals surface area contributed by atoms with Gasteiger partial charge in [0.15, 0.2) is 5.69 Å². The second kappa shape index (κ2) is 4.16. The molecule has 0 aliphatic heterocycles. The molecule has 0 saturated heterocycles. The van der Waals surface area contributed by atoms with Crippen molar-refractivity contribution < 1.29 is 14.3 Å². The molecule has 0 unspecified atom stereocenters. The highest BCUT2D eigenvalue weighted by molar-refractivity contribution is 5.94. The zero-order valence-corrected chi connectivity index (χ0v) is 9.91. The van der Waals surface area contributed by atoms with Crippen LogP contribution in [0, 0.1) is 0 Å². The molecule has 6 heteroatoms. The van der Waals surface area contributed by atoms with Crippen molar-refractivity contribution in [1.82, 2.24) is 9.38 Å². The lowest BCUT2D eigenvalue weighted by Crippen LogP contribution is -1.98. The van der Waals surface area contributed by atoms with E-state index in [-0.39, 0.29) is 5.69 Å². The van der Waals surface area contributed by atoms with Crippen LogP contribution < -0.4 is 5.73 Å². The first-order valence-corrected chi connectivity index (χ1v) is 5.67. The molecule has 3 N–H and O–H groups in total. The van der Waals surface area contributed by atoms with Crippen LogP contribution in [0.5, 0.6) is 0 Å². The minimum absolute atomic E-state index is 0.00569. The summed E-state index contributed by atoms with van der Waals surface area (Å²) in [5.74, 6) is 0.247. The molecule has 0 bridgehead atoms. The molecule has 0 aromatic carbocycles. The molecule has 3 aromatic rings. The van der Waals surface area contributed by atoms with E-state index in [4.69, 9.17) is 10.2 Å². The van der Waals surface area contributed by atoms with E-state index in [1.165, 1.54) is 0 Å². The zero-order chi connectivity index (χ0) is 13.4. The summed E-state index contributed by atoms with van der Waals surface area (Å²) in [5.41, 5.74) is 6.66. The van der Waals surface area contributed by atoms with Crippen molar-refractivity contribution in [3.05, 3.63) is 54.0 Å². The summed E-state index contributed by atoms with van der Waals surface area (Å²) in [6.07, 6.45) is 3.70. The lowest BCUT2D eigenvalue weighted by Gasteiger charge is -2.00. The number of imidazole rings is 1. The van der Waals surface area contributed by atoms with Gasteiger partial charge in [-0.3, -0.25) is 0 Å². The SMILES string of the molecule is Nc1ccn2c(Cc3ccco3)nc(C(=O)O)c2c1. The average Bonchev–Trinajstić information content (AvgIpc) is 2.97. The normalized spacial score (nSPS) is 10.9. The Balaban J connectivity index is 2.17. The molecule has 0 spiro atoms. The fourth-order valence-corrected chi connectivity index (χ4v) is 2.02. The Kier molecular flexibility index (Phi) is 2.49. The molecule has 0 amide bonds. The van der Waals surface area contributed by atoms with Gasteiger partial charge in [-0.1, -0.05) is 0 Å². The third kappa shape index (κ3) is 1.93. The third-order valence-electron chi connectivity index (χ3n) is 2.86. The van der Waals surface area contributed by atoms with Gasteiger partial charge in [0.2, 0.25) is 0 Å². The van der Waals surface area contributed by atoms with Gasteiger partial charge in [-0.05, 0) is 24.3 Å². The molecule has 19 heavy (non-hydrogen) atoms. The van der Waals surface area contributed by atoms with Gasteiger partial charge >= 0.3 is 5.97 Å². The van der Waals surface area contributed by atoms with E-state index in [0.717, 1.165) is 5.76 Å². The van der Waals surface area contributed by atoms with Crippen LogP contribution in [0.4, 0.5) is 5.69 Å². The van der Waals surface area contributed by atoms with Crippen molar-refractivity contribution in [2.45, 2.75) is 6.42 Å². The molecular weight excluding hydrogens is 246 g/mol. The monoisotopic (exact) mass is 257 g/mol. The molecule has 6 nitrogen and oxygen atoms in total. The molecule has 0 atom stereocenters. The van der Waals surface area contributed by atoms with Gasteiger partial charge in [0, 0.05) is 11.9 Å². The summed E-state index contributed by atoms with van der Waals surface area (Å²) < 4.78 is 6.97. The number of pyridine rings is 1. The Bertz CT molecular complexity index is 744. The van der Waals surface area contributed by atoms with Gasteiger partial charge in [-0.2, -0.15) is 0 Å². The first kappa shape index (κ1) is 11.3. The molecule has 3 rings (SSSR count). The van der Waals surface area contributed by atoms with E-state index in [0.29, 0.717) is 23.4 Å². The number of rotatable bonds is 3. The summed E-state index contributed by atoms with van der Waals surface area (Å²) in [5, 5.41) is 9.17. The molecule has 96 valence electrons. The van der Waals surface area contributed by atoms with Crippen LogP contribution in [0.15, 0.2) is 41.1 Å². The predicted molar refractivity (Wildman–Crippen MR) is 68.1 cm³/mol. The highest BCUT2D eigenvalue weighted by atomic mass is 16.4. The Morgan fingerprint density at radius 3 is 3.00 bits per heavy atom. The predicted octanol–water partition coefficient (Wildman–Crippen LogP) is 1.80. The molecule has 0 saturated carbocycles. The van der Waals surface area contributed by atoms with Crippen LogP contribution in [-0.2, 0) is 6.42 Å². The van der Waals surface area contributed by atoms with E-state index in [1.54, 1.807) is 35.1 Å². The third-order valence-corrected chi connectivity index (χ3v) is 2.86. The summed E-state index contributed by atoms with van der Waals surface area (Å²) in [4.78, 5) is 15.4. The molecule has 3 aromatic heterocycles. The number of hydrogen-bond donors (Lipinski definition) is 2. The summed E-state index contributed by atoms with van der Waals surface area (Å²) >= 11 is 0. The molecule has 0 aliphatic rings. The number of anilines is 1. The number of nitrogens with two attached hydrogens (primary N) is 1. The highest BCUT2D eigenvalue weighted by Crippen LogP contribution is 2.18.